The lowest BCUT2D eigenvalue weighted by Gasteiger charge is -2.10. The van der Waals surface area contributed by atoms with Gasteiger partial charge >= 0.3 is 0 Å². The number of phenols is 1. The van der Waals surface area contributed by atoms with Crippen LogP contribution >= 0.6 is 0 Å². The maximum absolute atomic E-state index is 9.67. The smallest absolute Gasteiger partial charge is 0.222 e. The molecular formula is C11H12N2O3. The predicted molar refractivity (Wildman–Crippen MR) is 59.3 cm³/mol. The zero-order valence-electron chi connectivity index (χ0n) is 9.02. The summed E-state index contributed by atoms with van der Waals surface area (Å²) in [5.41, 5.74) is 7.61. The molecule has 3 N–H and O–H groups in total. The minimum atomic E-state index is 0.0599. The molecule has 0 saturated heterocycles. The molecule has 84 valence electrons. The minimum absolute atomic E-state index is 0.0599. The monoisotopic (exact) mass is 220 g/mol. The maximum atomic E-state index is 9.67. The molecule has 0 amide bonds. The number of nitrogens with zero attached hydrogens (tertiary/aromatic N) is 1. The summed E-state index contributed by atoms with van der Waals surface area (Å²) in [5.74, 6) is 0.651. The number of ether oxygens (including phenoxy) is 1. The average Bonchev–Trinajstić information content (AvgIpc) is 2.67. The number of methoxy groups -OCH3 is 1. The number of aromatic nitrogens is 1. The Morgan fingerprint density at radius 3 is 2.75 bits per heavy atom. The fourth-order valence-corrected chi connectivity index (χ4v) is 1.60. The lowest BCUT2D eigenvalue weighted by atomic mass is 10.0. The minimum Gasteiger partial charge on any atom is -0.504 e. The Balaban J connectivity index is 2.67. The van der Waals surface area contributed by atoms with Crippen molar-refractivity contribution in [2.75, 3.05) is 12.8 Å². The Morgan fingerprint density at radius 2 is 2.19 bits per heavy atom. The SMILES string of the molecule is COc1c(O)ccc(C)c1-c1cc(N)on1. The molecule has 2 aromatic rings. The van der Waals surface area contributed by atoms with Crippen LogP contribution in [0.4, 0.5) is 5.88 Å². The summed E-state index contributed by atoms with van der Waals surface area (Å²) in [4.78, 5) is 0. The zero-order valence-corrected chi connectivity index (χ0v) is 9.02. The molecule has 0 aliphatic heterocycles. The number of benzene rings is 1. The molecule has 5 heteroatoms. The number of hydrogen-bond donors (Lipinski definition) is 2. The van der Waals surface area contributed by atoms with Crippen molar-refractivity contribution in [2.24, 2.45) is 0 Å². The molecule has 0 aliphatic carbocycles. The van der Waals surface area contributed by atoms with E-state index in [1.807, 2.05) is 6.92 Å². The summed E-state index contributed by atoms with van der Waals surface area (Å²) >= 11 is 0. The van der Waals surface area contributed by atoms with Crippen LogP contribution in [-0.2, 0) is 0 Å². The number of anilines is 1. The first-order chi connectivity index (χ1) is 7.63. The molecule has 16 heavy (non-hydrogen) atoms. The quantitative estimate of drug-likeness (QED) is 0.808. The summed E-state index contributed by atoms with van der Waals surface area (Å²) in [5, 5.41) is 13.5. The Morgan fingerprint density at radius 1 is 1.44 bits per heavy atom. The third-order valence-electron chi connectivity index (χ3n) is 2.33. The zero-order chi connectivity index (χ0) is 11.7. The van der Waals surface area contributed by atoms with E-state index in [0.29, 0.717) is 17.0 Å². The Labute approximate surface area is 92.4 Å². The summed E-state index contributed by atoms with van der Waals surface area (Å²) in [7, 11) is 1.49. The van der Waals surface area contributed by atoms with E-state index in [0.717, 1.165) is 5.56 Å². The second kappa shape index (κ2) is 3.77. The van der Waals surface area contributed by atoms with Crippen LogP contribution in [-0.4, -0.2) is 17.4 Å². The molecule has 0 fully saturated rings. The van der Waals surface area contributed by atoms with Gasteiger partial charge in [-0.2, -0.15) is 0 Å². The van der Waals surface area contributed by atoms with Crippen molar-refractivity contribution in [1.82, 2.24) is 5.16 Å². The third-order valence-corrected chi connectivity index (χ3v) is 2.33. The molecule has 0 bridgehead atoms. The van der Waals surface area contributed by atoms with Gasteiger partial charge in [0.25, 0.3) is 0 Å². The first kappa shape index (κ1) is 10.4. The number of nitrogens with two attached hydrogens (primary N) is 1. The highest BCUT2D eigenvalue weighted by atomic mass is 16.5. The van der Waals surface area contributed by atoms with Crippen molar-refractivity contribution in [3.63, 3.8) is 0 Å². The normalized spacial score (nSPS) is 10.4. The van der Waals surface area contributed by atoms with E-state index in [1.165, 1.54) is 7.11 Å². The summed E-state index contributed by atoms with van der Waals surface area (Å²) in [6, 6.07) is 4.93. The second-order valence-electron chi connectivity index (χ2n) is 3.42. The van der Waals surface area contributed by atoms with E-state index in [4.69, 9.17) is 15.0 Å². The van der Waals surface area contributed by atoms with Gasteiger partial charge in [-0.15, -0.1) is 0 Å². The van der Waals surface area contributed by atoms with Crippen LogP contribution in [0, 0.1) is 6.92 Å². The number of aryl methyl sites for hydroxylation is 1. The van der Waals surface area contributed by atoms with Gasteiger partial charge in [-0.05, 0) is 18.6 Å². The predicted octanol–water partition coefficient (Wildman–Crippen LogP) is 1.95. The van der Waals surface area contributed by atoms with E-state index in [1.54, 1.807) is 18.2 Å². The highest BCUT2D eigenvalue weighted by Crippen LogP contribution is 2.39. The van der Waals surface area contributed by atoms with Gasteiger partial charge in [0, 0.05) is 6.07 Å². The summed E-state index contributed by atoms with van der Waals surface area (Å²) in [6.07, 6.45) is 0. The van der Waals surface area contributed by atoms with E-state index in [2.05, 4.69) is 5.16 Å². The standard InChI is InChI=1S/C11H12N2O3/c1-6-3-4-8(14)11(15-2)10(6)7-5-9(12)16-13-7/h3-5,14H,12H2,1-2H3. The van der Waals surface area contributed by atoms with Crippen LogP contribution in [0.2, 0.25) is 0 Å². The Bertz CT molecular complexity index is 520. The second-order valence-corrected chi connectivity index (χ2v) is 3.42. The van der Waals surface area contributed by atoms with Crippen LogP contribution < -0.4 is 10.5 Å². The molecular weight excluding hydrogens is 208 g/mol. The number of nitrogen functional groups attached to an aromatic ring is 1. The molecule has 1 aromatic carbocycles. The van der Waals surface area contributed by atoms with Gasteiger partial charge in [0.05, 0.1) is 12.7 Å². The van der Waals surface area contributed by atoms with Gasteiger partial charge in [0.15, 0.2) is 11.5 Å². The lowest BCUT2D eigenvalue weighted by molar-refractivity contribution is 0.374. The fraction of sp³-hybridized carbons (Fsp3) is 0.182. The van der Waals surface area contributed by atoms with Gasteiger partial charge < -0.3 is 20.1 Å². The summed E-state index contributed by atoms with van der Waals surface area (Å²) in [6.45, 7) is 1.89. The largest absolute Gasteiger partial charge is 0.504 e. The molecule has 0 saturated carbocycles. The first-order valence-electron chi connectivity index (χ1n) is 4.72. The number of hydrogen-bond acceptors (Lipinski definition) is 5. The van der Waals surface area contributed by atoms with Crippen molar-refractivity contribution in [3.8, 4) is 22.8 Å². The van der Waals surface area contributed by atoms with Gasteiger partial charge in [-0.3, -0.25) is 0 Å². The Kier molecular flexibility index (Phi) is 2.44. The van der Waals surface area contributed by atoms with Crippen LogP contribution in [0.1, 0.15) is 5.56 Å². The van der Waals surface area contributed by atoms with Crippen molar-refractivity contribution in [3.05, 3.63) is 23.8 Å². The van der Waals surface area contributed by atoms with E-state index in [-0.39, 0.29) is 11.6 Å². The topological polar surface area (TPSA) is 81.5 Å². The van der Waals surface area contributed by atoms with Gasteiger partial charge in [0.1, 0.15) is 5.69 Å². The molecule has 1 aromatic heterocycles. The number of phenolic OH excluding ortho intramolecular Hbond substituents is 1. The molecule has 0 radical (unpaired) electrons. The highest BCUT2D eigenvalue weighted by molar-refractivity contribution is 5.75. The molecule has 0 atom stereocenters. The Hall–Kier alpha value is -2.17. The molecule has 1 heterocycles. The number of rotatable bonds is 2. The van der Waals surface area contributed by atoms with Gasteiger partial charge in [-0.25, -0.2) is 0 Å². The van der Waals surface area contributed by atoms with Crippen LogP contribution in [0.15, 0.2) is 22.7 Å². The van der Waals surface area contributed by atoms with E-state index in [9.17, 15) is 5.11 Å². The average molecular weight is 220 g/mol. The third kappa shape index (κ3) is 1.56. The molecule has 0 spiro atoms. The first-order valence-corrected chi connectivity index (χ1v) is 4.72. The lowest BCUT2D eigenvalue weighted by Crippen LogP contribution is -1.91. The van der Waals surface area contributed by atoms with Gasteiger partial charge in [-0.1, -0.05) is 11.2 Å². The van der Waals surface area contributed by atoms with Crippen molar-refractivity contribution < 1.29 is 14.4 Å². The van der Waals surface area contributed by atoms with Crippen molar-refractivity contribution in [2.45, 2.75) is 6.92 Å². The fourth-order valence-electron chi connectivity index (χ4n) is 1.60. The van der Waals surface area contributed by atoms with Crippen LogP contribution in [0.25, 0.3) is 11.3 Å². The highest BCUT2D eigenvalue weighted by Gasteiger charge is 2.16. The van der Waals surface area contributed by atoms with Crippen molar-refractivity contribution >= 4 is 5.88 Å². The van der Waals surface area contributed by atoms with Crippen LogP contribution in [0.5, 0.6) is 11.5 Å². The van der Waals surface area contributed by atoms with E-state index >= 15 is 0 Å². The number of aromatic hydroxyl groups is 1. The molecule has 2 rings (SSSR count). The van der Waals surface area contributed by atoms with Gasteiger partial charge in [0.2, 0.25) is 5.88 Å². The van der Waals surface area contributed by atoms with Crippen LogP contribution in [0.3, 0.4) is 0 Å². The summed E-state index contributed by atoms with van der Waals surface area (Å²) < 4.78 is 9.95. The molecule has 0 unspecified atom stereocenters. The van der Waals surface area contributed by atoms with E-state index < -0.39 is 0 Å². The van der Waals surface area contributed by atoms with Crippen molar-refractivity contribution in [1.29, 1.82) is 0 Å². The maximum Gasteiger partial charge on any atom is 0.222 e. The molecule has 5 nitrogen and oxygen atoms in total. The molecule has 0 aliphatic rings.